The zero-order chi connectivity index (χ0) is 12.6. The normalized spacial score (nSPS) is 15.1. The van der Waals surface area contributed by atoms with Crippen LogP contribution in [0.1, 0.15) is 46.5 Å². The van der Waals surface area contributed by atoms with E-state index in [1.54, 1.807) is 0 Å². The van der Waals surface area contributed by atoms with Gasteiger partial charge in [0.1, 0.15) is 0 Å². The zero-order valence-corrected chi connectivity index (χ0v) is 10.9. The molecule has 1 amide bonds. The van der Waals surface area contributed by atoms with E-state index in [1.807, 2.05) is 0 Å². The van der Waals surface area contributed by atoms with Crippen LogP contribution >= 0.6 is 0 Å². The number of nitrogens with zero attached hydrogens (tertiary/aromatic N) is 1. The summed E-state index contributed by atoms with van der Waals surface area (Å²) in [6.45, 7) is 8.52. The number of carbonyl (C=O) groups excluding carboxylic acids is 1. The van der Waals surface area contributed by atoms with E-state index in [2.05, 4.69) is 25.7 Å². The Morgan fingerprint density at radius 1 is 1.31 bits per heavy atom. The van der Waals surface area contributed by atoms with Crippen molar-refractivity contribution in [2.45, 2.75) is 58.5 Å². The number of amides is 1. The number of carbonyl (C=O) groups is 1. The van der Waals surface area contributed by atoms with E-state index in [1.165, 1.54) is 12.8 Å². The van der Waals surface area contributed by atoms with E-state index in [4.69, 9.17) is 11.5 Å². The lowest BCUT2D eigenvalue weighted by Gasteiger charge is -2.28. The number of unbranched alkanes of at least 4 members (excludes halogenated alkanes) is 1. The third-order valence-corrected chi connectivity index (χ3v) is 3.11. The first-order valence-electron chi connectivity index (χ1n) is 6.31. The first-order valence-corrected chi connectivity index (χ1v) is 6.31. The molecule has 4 nitrogen and oxygen atoms in total. The van der Waals surface area contributed by atoms with E-state index >= 15 is 0 Å². The number of hydrogen-bond donors (Lipinski definition) is 2. The van der Waals surface area contributed by atoms with Gasteiger partial charge in [-0.15, -0.1) is 0 Å². The van der Waals surface area contributed by atoms with E-state index in [9.17, 15) is 4.79 Å². The summed E-state index contributed by atoms with van der Waals surface area (Å²) < 4.78 is 0. The lowest BCUT2D eigenvalue weighted by atomic mass is 10.1. The molecule has 0 aromatic heterocycles. The summed E-state index contributed by atoms with van der Waals surface area (Å²) in [4.78, 5) is 13.2. The van der Waals surface area contributed by atoms with Crippen molar-refractivity contribution in [2.75, 3.05) is 13.1 Å². The Kier molecular flexibility index (Phi) is 8.21. The van der Waals surface area contributed by atoms with Crippen LogP contribution in [0.4, 0.5) is 0 Å². The van der Waals surface area contributed by atoms with Gasteiger partial charge in [0.2, 0.25) is 5.91 Å². The van der Waals surface area contributed by atoms with Crippen molar-refractivity contribution in [3.05, 3.63) is 0 Å². The minimum absolute atomic E-state index is 0.403. The Morgan fingerprint density at radius 2 is 1.94 bits per heavy atom. The number of rotatable bonds is 9. The number of hydrogen-bond acceptors (Lipinski definition) is 3. The van der Waals surface area contributed by atoms with Crippen molar-refractivity contribution in [1.29, 1.82) is 0 Å². The summed E-state index contributed by atoms with van der Waals surface area (Å²) in [5.41, 5.74) is 10.8. The monoisotopic (exact) mass is 229 g/mol. The molecule has 0 aromatic rings. The van der Waals surface area contributed by atoms with Gasteiger partial charge >= 0.3 is 0 Å². The summed E-state index contributed by atoms with van der Waals surface area (Å²) in [6, 6.07) is 0.0415. The van der Waals surface area contributed by atoms with Gasteiger partial charge in [-0.05, 0) is 32.7 Å². The minimum Gasteiger partial charge on any atom is -0.368 e. The predicted octanol–water partition coefficient (Wildman–Crippen LogP) is 1.09. The lowest BCUT2D eigenvalue weighted by molar-refractivity contribution is -0.119. The molecular formula is C12H27N3O. The quantitative estimate of drug-likeness (QED) is 0.621. The Labute approximate surface area is 99.4 Å². The summed E-state index contributed by atoms with van der Waals surface area (Å²) in [5, 5.41) is 0. The van der Waals surface area contributed by atoms with Crippen LogP contribution in [-0.4, -0.2) is 36.0 Å². The molecule has 0 aliphatic heterocycles. The first kappa shape index (κ1) is 15.4. The highest BCUT2D eigenvalue weighted by Crippen LogP contribution is 2.07. The molecule has 0 saturated carbocycles. The molecule has 2 unspecified atom stereocenters. The van der Waals surface area contributed by atoms with Gasteiger partial charge in [0.15, 0.2) is 0 Å². The SMILES string of the molecule is CCCCN(CCC(N)C(N)=O)C(C)CC. The van der Waals surface area contributed by atoms with Crippen LogP contribution < -0.4 is 11.5 Å². The Bertz CT molecular complexity index is 197. The summed E-state index contributed by atoms with van der Waals surface area (Å²) in [7, 11) is 0. The predicted molar refractivity (Wildman–Crippen MR) is 68.0 cm³/mol. The maximum Gasteiger partial charge on any atom is 0.234 e. The second-order valence-electron chi connectivity index (χ2n) is 4.44. The summed E-state index contributed by atoms with van der Waals surface area (Å²) >= 11 is 0. The standard InChI is InChI=1S/C12H27N3O/c1-4-6-8-15(10(3)5-2)9-7-11(13)12(14)16/h10-11H,4-9,13H2,1-3H3,(H2,14,16). The average Bonchev–Trinajstić information content (AvgIpc) is 2.27. The Hall–Kier alpha value is -0.610. The molecule has 0 saturated heterocycles. The van der Waals surface area contributed by atoms with Gasteiger partial charge in [0.25, 0.3) is 0 Å². The van der Waals surface area contributed by atoms with Gasteiger partial charge in [-0.25, -0.2) is 0 Å². The van der Waals surface area contributed by atoms with E-state index in [-0.39, 0.29) is 0 Å². The fourth-order valence-corrected chi connectivity index (χ4v) is 1.62. The topological polar surface area (TPSA) is 72.3 Å². The largest absolute Gasteiger partial charge is 0.368 e. The fourth-order valence-electron chi connectivity index (χ4n) is 1.62. The molecule has 0 radical (unpaired) electrons. The van der Waals surface area contributed by atoms with Crippen LogP contribution in [0.25, 0.3) is 0 Å². The Balaban J connectivity index is 4.05. The van der Waals surface area contributed by atoms with Crippen LogP contribution in [0.3, 0.4) is 0 Å². The molecule has 4 heteroatoms. The molecule has 0 aliphatic carbocycles. The number of nitrogens with two attached hydrogens (primary N) is 2. The molecule has 0 heterocycles. The van der Waals surface area contributed by atoms with Gasteiger partial charge < -0.3 is 16.4 Å². The average molecular weight is 229 g/mol. The van der Waals surface area contributed by atoms with Gasteiger partial charge in [0, 0.05) is 12.6 Å². The molecule has 16 heavy (non-hydrogen) atoms. The fraction of sp³-hybridized carbons (Fsp3) is 0.917. The van der Waals surface area contributed by atoms with Crippen LogP contribution in [0.2, 0.25) is 0 Å². The smallest absolute Gasteiger partial charge is 0.234 e. The highest BCUT2D eigenvalue weighted by atomic mass is 16.1. The van der Waals surface area contributed by atoms with Crippen molar-refractivity contribution >= 4 is 5.91 Å². The maximum absolute atomic E-state index is 10.8. The van der Waals surface area contributed by atoms with Crippen molar-refractivity contribution < 1.29 is 4.79 Å². The molecule has 0 fully saturated rings. The van der Waals surface area contributed by atoms with Crippen LogP contribution in [-0.2, 0) is 4.79 Å². The summed E-state index contributed by atoms with van der Waals surface area (Å²) in [5.74, 6) is -0.403. The van der Waals surface area contributed by atoms with Gasteiger partial charge in [-0.2, -0.15) is 0 Å². The lowest BCUT2D eigenvalue weighted by Crippen LogP contribution is -2.42. The molecule has 0 bridgehead atoms. The maximum atomic E-state index is 10.8. The third kappa shape index (κ3) is 6.08. The van der Waals surface area contributed by atoms with Crippen LogP contribution in [0.5, 0.6) is 0 Å². The van der Waals surface area contributed by atoms with Gasteiger partial charge in [-0.1, -0.05) is 20.3 Å². The van der Waals surface area contributed by atoms with E-state index in [0.29, 0.717) is 12.5 Å². The van der Waals surface area contributed by atoms with Gasteiger partial charge in [-0.3, -0.25) is 4.79 Å². The molecule has 0 spiro atoms. The molecule has 0 aromatic carbocycles. The van der Waals surface area contributed by atoms with Crippen LogP contribution in [0.15, 0.2) is 0 Å². The second-order valence-corrected chi connectivity index (χ2v) is 4.44. The second kappa shape index (κ2) is 8.53. The molecule has 2 atom stereocenters. The first-order chi connectivity index (χ1) is 7.52. The highest BCUT2D eigenvalue weighted by molar-refractivity contribution is 5.79. The van der Waals surface area contributed by atoms with E-state index < -0.39 is 11.9 Å². The molecule has 0 rings (SSSR count). The van der Waals surface area contributed by atoms with Crippen LogP contribution in [0, 0.1) is 0 Å². The third-order valence-electron chi connectivity index (χ3n) is 3.11. The molecule has 0 aliphatic rings. The van der Waals surface area contributed by atoms with Crippen molar-refractivity contribution in [1.82, 2.24) is 4.90 Å². The summed E-state index contributed by atoms with van der Waals surface area (Å²) in [6.07, 6.45) is 4.16. The minimum atomic E-state index is -0.506. The van der Waals surface area contributed by atoms with E-state index in [0.717, 1.165) is 19.5 Å². The molecule has 96 valence electrons. The zero-order valence-electron chi connectivity index (χ0n) is 10.9. The highest BCUT2D eigenvalue weighted by Gasteiger charge is 2.15. The van der Waals surface area contributed by atoms with Crippen molar-refractivity contribution in [2.24, 2.45) is 11.5 Å². The van der Waals surface area contributed by atoms with Crippen molar-refractivity contribution in [3.8, 4) is 0 Å². The number of primary amides is 1. The Morgan fingerprint density at radius 3 is 2.38 bits per heavy atom. The van der Waals surface area contributed by atoms with Crippen molar-refractivity contribution in [3.63, 3.8) is 0 Å². The molecular weight excluding hydrogens is 202 g/mol. The van der Waals surface area contributed by atoms with Gasteiger partial charge in [0.05, 0.1) is 6.04 Å². The molecule has 4 N–H and O–H groups in total.